The fraction of sp³-hybridized carbons (Fsp3) is 0.400. The molecule has 1 heterocycles. The molecule has 7 heteroatoms. The van der Waals surface area contributed by atoms with E-state index in [0.717, 1.165) is 13.0 Å². The number of hydrogen-bond acceptors (Lipinski definition) is 5. The summed E-state index contributed by atoms with van der Waals surface area (Å²) in [6, 6.07) is 6.61. The number of aryl methyl sites for hydroxylation is 1. The molecule has 0 radical (unpaired) electrons. The smallest absolute Gasteiger partial charge is 0.336 e. The molecule has 0 aliphatic carbocycles. The molecule has 0 aliphatic rings. The zero-order valence-corrected chi connectivity index (χ0v) is 16.4. The maximum absolute atomic E-state index is 12.7. The number of nitrogens with one attached hydrogen (secondary N) is 1. The quantitative estimate of drug-likeness (QED) is 0.772. The van der Waals surface area contributed by atoms with Crippen molar-refractivity contribution in [2.45, 2.75) is 47.1 Å². The van der Waals surface area contributed by atoms with Crippen LogP contribution in [0.3, 0.4) is 0 Å². The zero-order valence-electron chi connectivity index (χ0n) is 16.4. The van der Waals surface area contributed by atoms with Crippen molar-refractivity contribution < 1.29 is 14.7 Å². The summed E-state index contributed by atoms with van der Waals surface area (Å²) in [6.07, 6.45) is 0.943. The number of amides is 1. The van der Waals surface area contributed by atoms with E-state index >= 15 is 0 Å². The van der Waals surface area contributed by atoms with Gasteiger partial charge in [0.1, 0.15) is 5.69 Å². The fourth-order valence-corrected chi connectivity index (χ4v) is 2.82. The summed E-state index contributed by atoms with van der Waals surface area (Å²) in [4.78, 5) is 35.0. The van der Waals surface area contributed by atoms with Crippen LogP contribution < -0.4 is 10.2 Å². The third kappa shape index (κ3) is 4.81. The number of hydrogen-bond donors (Lipinski definition) is 2. The van der Waals surface area contributed by atoms with Gasteiger partial charge in [0.05, 0.1) is 5.56 Å². The first-order chi connectivity index (χ1) is 12.7. The molecule has 2 N–H and O–H groups in total. The Morgan fingerprint density at radius 2 is 1.93 bits per heavy atom. The maximum atomic E-state index is 12.7. The molecule has 7 nitrogen and oxygen atoms in total. The van der Waals surface area contributed by atoms with Crippen LogP contribution in [0.4, 0.5) is 11.6 Å². The van der Waals surface area contributed by atoms with Gasteiger partial charge < -0.3 is 15.3 Å². The van der Waals surface area contributed by atoms with Gasteiger partial charge in [0, 0.05) is 24.0 Å². The lowest BCUT2D eigenvalue weighted by Gasteiger charge is -2.26. The number of aromatic carboxylic acids is 1. The molecule has 0 fully saturated rings. The van der Waals surface area contributed by atoms with Gasteiger partial charge in [-0.1, -0.05) is 13.0 Å². The highest BCUT2D eigenvalue weighted by atomic mass is 16.4. The highest BCUT2D eigenvalue weighted by Gasteiger charge is 2.18. The van der Waals surface area contributed by atoms with E-state index in [0.29, 0.717) is 22.9 Å². The van der Waals surface area contributed by atoms with Crippen molar-refractivity contribution in [2.75, 3.05) is 16.8 Å². The van der Waals surface area contributed by atoms with Gasteiger partial charge in [-0.2, -0.15) is 0 Å². The lowest BCUT2D eigenvalue weighted by Crippen LogP contribution is -2.33. The summed E-state index contributed by atoms with van der Waals surface area (Å²) >= 11 is 0. The fourth-order valence-electron chi connectivity index (χ4n) is 2.82. The molecule has 0 unspecified atom stereocenters. The van der Waals surface area contributed by atoms with Gasteiger partial charge in [-0.3, -0.25) is 4.79 Å². The molecule has 1 aromatic carbocycles. The Kier molecular flexibility index (Phi) is 6.50. The van der Waals surface area contributed by atoms with E-state index in [4.69, 9.17) is 0 Å². The molecule has 0 bridgehead atoms. The summed E-state index contributed by atoms with van der Waals surface area (Å²) in [7, 11) is 0. The molecule has 1 aromatic heterocycles. The zero-order chi connectivity index (χ0) is 20.1. The molecule has 1 amide bonds. The Hall–Kier alpha value is -2.96. The molecule has 0 saturated carbocycles. The van der Waals surface area contributed by atoms with E-state index in [9.17, 15) is 14.7 Å². The normalized spacial score (nSPS) is 10.7. The molecular weight excluding hydrogens is 344 g/mol. The van der Waals surface area contributed by atoms with Gasteiger partial charge in [-0.05, 0) is 57.9 Å². The van der Waals surface area contributed by atoms with Crippen molar-refractivity contribution in [3.63, 3.8) is 0 Å². The summed E-state index contributed by atoms with van der Waals surface area (Å²) < 4.78 is 0. The number of carboxylic acid groups (broad SMARTS) is 1. The van der Waals surface area contributed by atoms with Gasteiger partial charge in [0.2, 0.25) is 5.95 Å². The Morgan fingerprint density at radius 3 is 2.52 bits per heavy atom. The maximum Gasteiger partial charge on any atom is 0.336 e. The summed E-state index contributed by atoms with van der Waals surface area (Å²) in [5.74, 6) is -0.906. The third-order valence-corrected chi connectivity index (χ3v) is 4.23. The largest absolute Gasteiger partial charge is 0.478 e. The molecule has 0 saturated heterocycles. The van der Waals surface area contributed by atoms with Crippen LogP contribution in [0.1, 0.15) is 59.3 Å². The minimum atomic E-state index is -1.03. The number of carbonyl (C=O) groups excluding carboxylic acids is 1. The van der Waals surface area contributed by atoms with E-state index in [1.165, 1.54) is 6.07 Å². The van der Waals surface area contributed by atoms with E-state index < -0.39 is 11.9 Å². The van der Waals surface area contributed by atoms with Gasteiger partial charge in [-0.25, -0.2) is 14.8 Å². The SMILES string of the molecule is CCCN(c1nc(C)cc(C(=O)Nc2cccc(C(=O)O)c2C)n1)C(C)C. The van der Waals surface area contributed by atoms with Crippen LogP contribution in [-0.4, -0.2) is 39.5 Å². The molecule has 0 atom stereocenters. The Bertz CT molecular complexity index is 849. The van der Waals surface area contributed by atoms with Crippen molar-refractivity contribution in [1.29, 1.82) is 0 Å². The van der Waals surface area contributed by atoms with Crippen LogP contribution in [0.25, 0.3) is 0 Å². The average Bonchev–Trinajstić information content (AvgIpc) is 2.60. The lowest BCUT2D eigenvalue weighted by atomic mass is 10.1. The first-order valence-electron chi connectivity index (χ1n) is 9.01. The number of nitrogens with zero attached hydrogens (tertiary/aromatic N) is 3. The van der Waals surface area contributed by atoms with Gasteiger partial charge in [0.15, 0.2) is 0 Å². The van der Waals surface area contributed by atoms with E-state index in [1.807, 2.05) is 6.92 Å². The topological polar surface area (TPSA) is 95.4 Å². The Balaban J connectivity index is 2.35. The minimum absolute atomic E-state index is 0.154. The molecule has 144 valence electrons. The number of aromatic nitrogens is 2. The Labute approximate surface area is 159 Å². The first-order valence-corrected chi connectivity index (χ1v) is 9.01. The minimum Gasteiger partial charge on any atom is -0.478 e. The average molecular weight is 370 g/mol. The van der Waals surface area contributed by atoms with Crippen molar-refractivity contribution in [3.8, 4) is 0 Å². The second kappa shape index (κ2) is 8.62. The molecule has 0 aliphatic heterocycles. The summed E-state index contributed by atoms with van der Waals surface area (Å²) in [6.45, 7) is 10.5. The molecule has 2 aromatic rings. The second-order valence-electron chi connectivity index (χ2n) is 6.72. The monoisotopic (exact) mass is 370 g/mol. The van der Waals surface area contributed by atoms with Crippen LogP contribution in [-0.2, 0) is 0 Å². The van der Waals surface area contributed by atoms with Crippen molar-refractivity contribution >= 4 is 23.5 Å². The number of rotatable bonds is 7. The number of carboxylic acids is 1. The number of carbonyl (C=O) groups is 2. The van der Waals surface area contributed by atoms with Gasteiger partial charge >= 0.3 is 5.97 Å². The van der Waals surface area contributed by atoms with E-state index in [1.54, 1.807) is 25.1 Å². The summed E-state index contributed by atoms with van der Waals surface area (Å²) in [5, 5.41) is 12.0. The van der Waals surface area contributed by atoms with Crippen LogP contribution in [0.2, 0.25) is 0 Å². The van der Waals surface area contributed by atoms with Crippen LogP contribution >= 0.6 is 0 Å². The molecule has 0 spiro atoms. The predicted molar refractivity (Wildman–Crippen MR) is 106 cm³/mol. The highest BCUT2D eigenvalue weighted by Crippen LogP contribution is 2.20. The highest BCUT2D eigenvalue weighted by molar-refractivity contribution is 6.04. The van der Waals surface area contributed by atoms with Crippen LogP contribution in [0, 0.1) is 13.8 Å². The van der Waals surface area contributed by atoms with E-state index in [-0.39, 0.29) is 17.3 Å². The second-order valence-corrected chi connectivity index (χ2v) is 6.72. The van der Waals surface area contributed by atoms with Gasteiger partial charge in [0.25, 0.3) is 5.91 Å². The molecular formula is C20H26N4O3. The van der Waals surface area contributed by atoms with E-state index in [2.05, 4.69) is 41.0 Å². The third-order valence-electron chi connectivity index (χ3n) is 4.23. The number of anilines is 2. The van der Waals surface area contributed by atoms with Crippen LogP contribution in [0.15, 0.2) is 24.3 Å². The van der Waals surface area contributed by atoms with Crippen molar-refractivity contribution in [1.82, 2.24) is 9.97 Å². The lowest BCUT2D eigenvalue weighted by molar-refractivity contribution is 0.0695. The molecule has 27 heavy (non-hydrogen) atoms. The molecule has 2 rings (SSSR count). The summed E-state index contributed by atoms with van der Waals surface area (Å²) in [5.41, 5.74) is 2.05. The van der Waals surface area contributed by atoms with Crippen LogP contribution in [0.5, 0.6) is 0 Å². The first kappa shape index (κ1) is 20.4. The van der Waals surface area contributed by atoms with Crippen molar-refractivity contribution in [2.24, 2.45) is 0 Å². The van der Waals surface area contributed by atoms with Gasteiger partial charge in [-0.15, -0.1) is 0 Å². The Morgan fingerprint density at radius 1 is 1.22 bits per heavy atom. The number of benzene rings is 1. The predicted octanol–water partition coefficient (Wildman–Crippen LogP) is 3.67. The standard InChI is InChI=1S/C20H26N4O3/c1-6-10-24(12(2)3)20-21-13(4)11-17(23-20)18(25)22-16-9-7-8-15(14(16)5)19(26)27/h7-9,11-12H,6,10H2,1-5H3,(H,22,25)(H,26,27). The van der Waals surface area contributed by atoms with Crippen molar-refractivity contribution in [3.05, 3.63) is 46.8 Å².